The first kappa shape index (κ1) is 19.3. The first-order valence-electron chi connectivity index (χ1n) is 8.24. The number of benzene rings is 2. The van der Waals surface area contributed by atoms with Crippen LogP contribution in [0.5, 0.6) is 5.75 Å². The molecule has 0 amide bonds. The maximum absolute atomic E-state index is 12.9. The highest BCUT2D eigenvalue weighted by molar-refractivity contribution is 5.81. The average molecular weight is 389 g/mol. The molecule has 3 rings (SSSR count). The second kappa shape index (κ2) is 7.63. The van der Waals surface area contributed by atoms with E-state index in [0.29, 0.717) is 17.3 Å². The first-order chi connectivity index (χ1) is 13.3. The Bertz CT molecular complexity index is 992. The van der Waals surface area contributed by atoms with Crippen molar-refractivity contribution in [1.29, 1.82) is 0 Å². The lowest BCUT2D eigenvalue weighted by molar-refractivity contribution is -0.137. The van der Waals surface area contributed by atoms with Crippen LogP contribution >= 0.6 is 0 Å². The minimum Gasteiger partial charge on any atom is -0.495 e. The molecule has 0 spiro atoms. The van der Waals surface area contributed by atoms with Crippen molar-refractivity contribution in [3.8, 4) is 5.75 Å². The number of anilines is 5. The van der Waals surface area contributed by atoms with Crippen LogP contribution in [0.25, 0.3) is 0 Å². The highest BCUT2D eigenvalue weighted by atomic mass is 19.4. The number of nitrogens with one attached hydrogen (secondary N) is 2. The molecule has 0 bridgehead atoms. The molecule has 2 aromatic carbocycles. The topological polar surface area (TPSA) is 85.1 Å². The molecule has 6 nitrogen and oxygen atoms in total. The summed E-state index contributed by atoms with van der Waals surface area (Å²) >= 11 is 0. The van der Waals surface area contributed by atoms with Crippen molar-refractivity contribution in [2.75, 3.05) is 23.5 Å². The largest absolute Gasteiger partial charge is 0.495 e. The molecule has 0 aliphatic carbocycles. The molecular formula is C19H18F3N5O. The number of aryl methyl sites for hydroxylation is 1. The zero-order chi connectivity index (χ0) is 20.3. The number of halogens is 3. The summed E-state index contributed by atoms with van der Waals surface area (Å²) in [5, 5.41) is 5.88. The fourth-order valence-electron chi connectivity index (χ4n) is 2.55. The zero-order valence-electron chi connectivity index (χ0n) is 15.1. The van der Waals surface area contributed by atoms with Gasteiger partial charge in [0.15, 0.2) is 11.6 Å². The second-order valence-electron chi connectivity index (χ2n) is 6.02. The summed E-state index contributed by atoms with van der Waals surface area (Å²) in [7, 11) is 1.54. The van der Waals surface area contributed by atoms with Crippen LogP contribution < -0.4 is 21.1 Å². The monoisotopic (exact) mass is 389 g/mol. The molecule has 0 saturated heterocycles. The molecule has 0 fully saturated rings. The van der Waals surface area contributed by atoms with Gasteiger partial charge in [-0.15, -0.1) is 0 Å². The number of nitrogen functional groups attached to an aromatic ring is 1. The van der Waals surface area contributed by atoms with Crippen LogP contribution in [0.1, 0.15) is 11.1 Å². The Morgan fingerprint density at radius 2 is 1.71 bits per heavy atom. The predicted molar refractivity (Wildman–Crippen MR) is 102 cm³/mol. The quantitative estimate of drug-likeness (QED) is 0.577. The van der Waals surface area contributed by atoms with Gasteiger partial charge in [0.05, 0.1) is 18.4 Å². The number of methoxy groups -OCH3 is 1. The Kier molecular flexibility index (Phi) is 5.25. The van der Waals surface area contributed by atoms with E-state index in [9.17, 15) is 13.2 Å². The molecule has 0 aliphatic heterocycles. The summed E-state index contributed by atoms with van der Waals surface area (Å²) in [5.41, 5.74) is 7.36. The van der Waals surface area contributed by atoms with E-state index in [0.717, 1.165) is 17.7 Å². The van der Waals surface area contributed by atoms with Crippen LogP contribution in [0, 0.1) is 6.92 Å². The van der Waals surface area contributed by atoms with E-state index in [-0.39, 0.29) is 17.2 Å². The van der Waals surface area contributed by atoms with Crippen molar-refractivity contribution in [1.82, 2.24) is 9.97 Å². The summed E-state index contributed by atoms with van der Waals surface area (Å²) < 4.78 is 44.0. The lowest BCUT2D eigenvalue weighted by Gasteiger charge is -2.15. The smallest absolute Gasteiger partial charge is 0.416 e. The number of nitrogens with two attached hydrogens (primary N) is 1. The number of hydrogen-bond donors (Lipinski definition) is 3. The van der Waals surface area contributed by atoms with Gasteiger partial charge in [-0.2, -0.15) is 13.2 Å². The van der Waals surface area contributed by atoms with Gasteiger partial charge in [0, 0.05) is 5.69 Å². The average Bonchev–Trinajstić information content (AvgIpc) is 2.65. The third-order valence-corrected chi connectivity index (χ3v) is 3.94. The van der Waals surface area contributed by atoms with E-state index in [1.54, 1.807) is 13.2 Å². The molecule has 0 radical (unpaired) electrons. The van der Waals surface area contributed by atoms with E-state index in [1.165, 1.54) is 18.5 Å². The van der Waals surface area contributed by atoms with Crippen molar-refractivity contribution in [3.63, 3.8) is 0 Å². The van der Waals surface area contributed by atoms with Crippen LogP contribution in [0.15, 0.2) is 48.8 Å². The van der Waals surface area contributed by atoms with Crippen LogP contribution in [0.4, 0.5) is 41.9 Å². The number of rotatable bonds is 5. The molecule has 28 heavy (non-hydrogen) atoms. The number of ether oxygens (including phenoxy) is 1. The Labute approximate surface area is 159 Å². The molecule has 9 heteroatoms. The molecule has 1 heterocycles. The summed E-state index contributed by atoms with van der Waals surface area (Å²) in [4.78, 5) is 8.14. The Morgan fingerprint density at radius 3 is 2.39 bits per heavy atom. The van der Waals surface area contributed by atoms with Crippen molar-refractivity contribution in [2.45, 2.75) is 13.1 Å². The molecule has 0 unspecified atom stereocenters. The first-order valence-corrected chi connectivity index (χ1v) is 8.24. The molecule has 3 aromatic rings. The molecular weight excluding hydrogens is 371 g/mol. The van der Waals surface area contributed by atoms with Crippen LogP contribution in [-0.2, 0) is 6.18 Å². The third-order valence-electron chi connectivity index (χ3n) is 3.94. The van der Waals surface area contributed by atoms with Gasteiger partial charge < -0.3 is 21.1 Å². The molecule has 4 N–H and O–H groups in total. The van der Waals surface area contributed by atoms with Gasteiger partial charge in [-0.05, 0) is 42.8 Å². The number of aromatic nitrogens is 2. The highest BCUT2D eigenvalue weighted by Gasteiger charge is 2.30. The van der Waals surface area contributed by atoms with E-state index in [2.05, 4.69) is 20.6 Å². The minimum atomic E-state index is -4.44. The Morgan fingerprint density at radius 1 is 1.00 bits per heavy atom. The van der Waals surface area contributed by atoms with E-state index >= 15 is 0 Å². The normalized spacial score (nSPS) is 11.2. The summed E-state index contributed by atoms with van der Waals surface area (Å²) in [5.74, 6) is 1.08. The van der Waals surface area contributed by atoms with Crippen LogP contribution in [0.2, 0.25) is 0 Å². The van der Waals surface area contributed by atoms with Gasteiger partial charge in [-0.1, -0.05) is 12.1 Å². The SMILES string of the molecule is COc1ccc(C)cc1Nc1ncnc(Nc2cccc(C(F)(F)F)c2)c1N. The summed E-state index contributed by atoms with van der Waals surface area (Å²) in [6, 6.07) is 10.3. The Hall–Kier alpha value is -3.49. The van der Waals surface area contributed by atoms with Gasteiger partial charge in [0.2, 0.25) is 0 Å². The fraction of sp³-hybridized carbons (Fsp3) is 0.158. The fourth-order valence-corrected chi connectivity index (χ4v) is 2.55. The predicted octanol–water partition coefficient (Wildman–Crippen LogP) is 4.88. The molecule has 0 atom stereocenters. The van der Waals surface area contributed by atoms with Gasteiger partial charge in [-0.25, -0.2) is 9.97 Å². The second-order valence-corrected chi connectivity index (χ2v) is 6.02. The summed E-state index contributed by atoms with van der Waals surface area (Å²) in [6.07, 6.45) is -3.18. The molecule has 0 aliphatic rings. The number of alkyl halides is 3. The molecule has 146 valence electrons. The van der Waals surface area contributed by atoms with Crippen molar-refractivity contribution in [2.24, 2.45) is 0 Å². The maximum atomic E-state index is 12.9. The summed E-state index contributed by atoms with van der Waals surface area (Å²) in [6.45, 7) is 1.93. The minimum absolute atomic E-state index is 0.156. The third kappa shape index (κ3) is 4.25. The maximum Gasteiger partial charge on any atom is 0.416 e. The molecule has 0 saturated carbocycles. The van der Waals surface area contributed by atoms with E-state index in [1.807, 2.05) is 19.1 Å². The van der Waals surface area contributed by atoms with Crippen LogP contribution in [0.3, 0.4) is 0 Å². The zero-order valence-corrected chi connectivity index (χ0v) is 15.1. The van der Waals surface area contributed by atoms with Crippen molar-refractivity contribution in [3.05, 3.63) is 59.9 Å². The highest BCUT2D eigenvalue weighted by Crippen LogP contribution is 2.34. The van der Waals surface area contributed by atoms with E-state index < -0.39 is 11.7 Å². The Balaban J connectivity index is 1.89. The van der Waals surface area contributed by atoms with Crippen molar-refractivity contribution >= 4 is 28.7 Å². The lowest BCUT2D eigenvalue weighted by atomic mass is 10.2. The van der Waals surface area contributed by atoms with E-state index in [4.69, 9.17) is 10.5 Å². The van der Waals surface area contributed by atoms with Crippen molar-refractivity contribution < 1.29 is 17.9 Å². The lowest BCUT2D eigenvalue weighted by Crippen LogP contribution is -2.07. The van der Waals surface area contributed by atoms with Crippen LogP contribution in [-0.4, -0.2) is 17.1 Å². The number of nitrogens with zero attached hydrogens (tertiary/aromatic N) is 2. The van der Waals surface area contributed by atoms with Gasteiger partial charge in [0.25, 0.3) is 0 Å². The van der Waals surface area contributed by atoms with Gasteiger partial charge in [-0.3, -0.25) is 0 Å². The number of hydrogen-bond acceptors (Lipinski definition) is 6. The standard InChI is InChI=1S/C19H18F3N5O/c1-11-6-7-15(28-2)14(8-11)27-18-16(23)17(24-10-25-18)26-13-5-3-4-12(9-13)19(20,21)22/h3-10H,23H2,1-2H3,(H2,24,25,26,27). The van der Waals surface area contributed by atoms with Gasteiger partial charge in [0.1, 0.15) is 17.8 Å². The molecule has 1 aromatic heterocycles. The van der Waals surface area contributed by atoms with Gasteiger partial charge >= 0.3 is 6.18 Å².